The van der Waals surface area contributed by atoms with Gasteiger partial charge in [0.15, 0.2) is 0 Å². The van der Waals surface area contributed by atoms with E-state index in [0.29, 0.717) is 12.5 Å². The van der Waals surface area contributed by atoms with Gasteiger partial charge in [0.05, 0.1) is 0 Å². The van der Waals surface area contributed by atoms with Crippen LogP contribution in [0.5, 0.6) is 0 Å². The molecule has 0 aromatic rings. The molecule has 0 bridgehead atoms. The second-order valence-electron chi connectivity index (χ2n) is 4.27. The van der Waals surface area contributed by atoms with Gasteiger partial charge in [-0.1, -0.05) is 13.3 Å². The number of amides is 1. The zero-order chi connectivity index (χ0) is 11.3. The van der Waals surface area contributed by atoms with Crippen molar-refractivity contribution in [3.8, 4) is 0 Å². The minimum absolute atomic E-state index is 0.0407. The highest BCUT2D eigenvalue weighted by atomic mass is 32.2. The summed E-state index contributed by atoms with van der Waals surface area (Å²) in [6, 6.07) is 0.482. The zero-order valence-corrected chi connectivity index (χ0v) is 10.6. The molecule has 1 rings (SSSR count). The van der Waals surface area contributed by atoms with Crippen LogP contribution >= 0.6 is 11.8 Å². The molecule has 0 spiro atoms. The standard InChI is InChI=1S/C11H22N2OS/c1-3-4-9(12)7-11(14)13(2)10-5-6-15-8-10/h9-10H,3-8,12H2,1-2H3. The molecule has 1 amide bonds. The molecule has 88 valence electrons. The van der Waals surface area contributed by atoms with Gasteiger partial charge in [0.1, 0.15) is 0 Å². The lowest BCUT2D eigenvalue weighted by molar-refractivity contribution is -0.131. The third-order valence-corrected chi connectivity index (χ3v) is 4.09. The number of carbonyl (C=O) groups is 1. The van der Waals surface area contributed by atoms with Gasteiger partial charge < -0.3 is 10.6 Å². The molecule has 0 saturated carbocycles. The molecular weight excluding hydrogens is 208 g/mol. The van der Waals surface area contributed by atoms with E-state index in [1.165, 1.54) is 5.75 Å². The number of carbonyl (C=O) groups excluding carboxylic acids is 1. The summed E-state index contributed by atoms with van der Waals surface area (Å²) < 4.78 is 0. The average Bonchev–Trinajstić information content (AvgIpc) is 2.69. The van der Waals surface area contributed by atoms with Gasteiger partial charge in [-0.25, -0.2) is 0 Å². The van der Waals surface area contributed by atoms with E-state index < -0.39 is 0 Å². The molecule has 1 aliphatic heterocycles. The molecule has 1 heterocycles. The fraction of sp³-hybridized carbons (Fsp3) is 0.909. The average molecular weight is 230 g/mol. The van der Waals surface area contributed by atoms with Gasteiger partial charge in [-0.05, 0) is 18.6 Å². The third-order valence-electron chi connectivity index (χ3n) is 2.94. The molecule has 0 radical (unpaired) electrons. The van der Waals surface area contributed by atoms with Gasteiger partial charge in [0.25, 0.3) is 0 Å². The van der Waals surface area contributed by atoms with Crippen molar-refractivity contribution in [1.29, 1.82) is 0 Å². The molecule has 4 heteroatoms. The predicted molar refractivity (Wildman–Crippen MR) is 66.0 cm³/mol. The van der Waals surface area contributed by atoms with Crippen LogP contribution in [0.15, 0.2) is 0 Å². The van der Waals surface area contributed by atoms with Crippen LogP contribution in [0.1, 0.15) is 32.6 Å². The molecule has 2 unspecified atom stereocenters. The van der Waals surface area contributed by atoms with Gasteiger partial charge in [0.2, 0.25) is 5.91 Å². The van der Waals surface area contributed by atoms with Crippen molar-refractivity contribution in [1.82, 2.24) is 4.90 Å². The van der Waals surface area contributed by atoms with E-state index in [0.717, 1.165) is 25.0 Å². The minimum atomic E-state index is 0.0407. The van der Waals surface area contributed by atoms with Crippen molar-refractivity contribution in [2.24, 2.45) is 5.73 Å². The topological polar surface area (TPSA) is 46.3 Å². The maximum absolute atomic E-state index is 11.9. The summed E-state index contributed by atoms with van der Waals surface area (Å²) >= 11 is 1.93. The largest absolute Gasteiger partial charge is 0.342 e. The van der Waals surface area contributed by atoms with Crippen molar-refractivity contribution >= 4 is 17.7 Å². The van der Waals surface area contributed by atoms with Gasteiger partial charge >= 0.3 is 0 Å². The van der Waals surface area contributed by atoms with Gasteiger partial charge in [-0.15, -0.1) is 0 Å². The lowest BCUT2D eigenvalue weighted by Crippen LogP contribution is -2.40. The highest BCUT2D eigenvalue weighted by Crippen LogP contribution is 2.21. The molecule has 0 aromatic heterocycles. The van der Waals surface area contributed by atoms with Crippen LogP contribution in [0.4, 0.5) is 0 Å². The molecule has 2 atom stereocenters. The predicted octanol–water partition coefficient (Wildman–Crippen LogP) is 1.47. The number of thioether (sulfide) groups is 1. The smallest absolute Gasteiger partial charge is 0.224 e. The van der Waals surface area contributed by atoms with Gasteiger partial charge in [-0.2, -0.15) is 11.8 Å². The van der Waals surface area contributed by atoms with Crippen molar-refractivity contribution in [3.63, 3.8) is 0 Å². The molecule has 0 aliphatic carbocycles. The molecule has 3 nitrogen and oxygen atoms in total. The SMILES string of the molecule is CCCC(N)CC(=O)N(C)C1CCSC1. The third kappa shape index (κ3) is 4.03. The van der Waals surface area contributed by atoms with E-state index in [2.05, 4.69) is 6.92 Å². The Kier molecular flexibility index (Phi) is 5.47. The fourth-order valence-corrected chi connectivity index (χ4v) is 3.14. The van der Waals surface area contributed by atoms with Crippen molar-refractivity contribution in [2.75, 3.05) is 18.6 Å². The summed E-state index contributed by atoms with van der Waals surface area (Å²) in [6.45, 7) is 2.10. The quantitative estimate of drug-likeness (QED) is 0.778. The fourth-order valence-electron chi connectivity index (χ4n) is 1.87. The minimum Gasteiger partial charge on any atom is -0.342 e. The number of hydrogen-bond acceptors (Lipinski definition) is 3. The number of rotatable bonds is 5. The molecule has 1 aliphatic rings. The Morgan fingerprint density at radius 2 is 2.40 bits per heavy atom. The summed E-state index contributed by atoms with van der Waals surface area (Å²) in [7, 11) is 1.91. The van der Waals surface area contributed by atoms with Crippen molar-refractivity contribution < 1.29 is 4.79 Å². The first kappa shape index (κ1) is 12.8. The highest BCUT2D eigenvalue weighted by molar-refractivity contribution is 7.99. The van der Waals surface area contributed by atoms with Crippen LogP contribution in [0.2, 0.25) is 0 Å². The van der Waals surface area contributed by atoms with E-state index in [4.69, 9.17) is 5.73 Å². The van der Waals surface area contributed by atoms with E-state index in [1.54, 1.807) is 0 Å². The lowest BCUT2D eigenvalue weighted by atomic mass is 10.1. The molecule has 1 fully saturated rings. The molecule has 1 saturated heterocycles. The van der Waals surface area contributed by atoms with Crippen LogP contribution in [0.25, 0.3) is 0 Å². The number of hydrogen-bond donors (Lipinski definition) is 1. The Labute approximate surface area is 96.8 Å². The van der Waals surface area contributed by atoms with Crippen LogP contribution in [0.3, 0.4) is 0 Å². The number of nitrogens with zero attached hydrogens (tertiary/aromatic N) is 1. The van der Waals surface area contributed by atoms with Gasteiger partial charge in [-0.3, -0.25) is 4.79 Å². The Balaban J connectivity index is 2.31. The zero-order valence-electron chi connectivity index (χ0n) is 9.74. The summed E-state index contributed by atoms with van der Waals surface area (Å²) in [6.07, 6.45) is 3.64. The van der Waals surface area contributed by atoms with E-state index in [1.807, 2.05) is 23.7 Å². The molecule has 2 N–H and O–H groups in total. The van der Waals surface area contributed by atoms with Crippen LogP contribution < -0.4 is 5.73 Å². The van der Waals surface area contributed by atoms with E-state index in [-0.39, 0.29) is 11.9 Å². The van der Waals surface area contributed by atoms with Crippen molar-refractivity contribution in [3.05, 3.63) is 0 Å². The van der Waals surface area contributed by atoms with Gasteiger partial charge in [0, 0.05) is 31.3 Å². The first-order valence-electron chi connectivity index (χ1n) is 5.74. The first-order valence-corrected chi connectivity index (χ1v) is 6.89. The Hall–Kier alpha value is -0.220. The summed E-state index contributed by atoms with van der Waals surface area (Å²) in [5, 5.41) is 0. The Morgan fingerprint density at radius 3 is 2.93 bits per heavy atom. The van der Waals surface area contributed by atoms with E-state index >= 15 is 0 Å². The molecular formula is C11H22N2OS. The monoisotopic (exact) mass is 230 g/mol. The highest BCUT2D eigenvalue weighted by Gasteiger charge is 2.24. The first-order chi connectivity index (χ1) is 7.15. The lowest BCUT2D eigenvalue weighted by Gasteiger charge is -2.25. The van der Waals surface area contributed by atoms with Crippen LogP contribution in [-0.4, -0.2) is 41.4 Å². The Morgan fingerprint density at radius 1 is 1.67 bits per heavy atom. The Bertz CT molecular complexity index is 205. The van der Waals surface area contributed by atoms with Crippen molar-refractivity contribution in [2.45, 2.75) is 44.7 Å². The number of nitrogens with two attached hydrogens (primary N) is 1. The normalized spacial score (nSPS) is 22.7. The second-order valence-corrected chi connectivity index (χ2v) is 5.42. The summed E-state index contributed by atoms with van der Waals surface area (Å²) in [5.74, 6) is 2.48. The summed E-state index contributed by atoms with van der Waals surface area (Å²) in [4.78, 5) is 13.8. The second kappa shape index (κ2) is 6.38. The molecule has 0 aromatic carbocycles. The van der Waals surface area contributed by atoms with Crippen LogP contribution in [-0.2, 0) is 4.79 Å². The maximum atomic E-state index is 11.9. The summed E-state index contributed by atoms with van der Waals surface area (Å²) in [5.41, 5.74) is 5.87. The molecule has 15 heavy (non-hydrogen) atoms. The van der Waals surface area contributed by atoms with E-state index in [9.17, 15) is 4.79 Å². The maximum Gasteiger partial charge on any atom is 0.224 e. The van der Waals surface area contributed by atoms with Crippen LogP contribution in [0, 0.1) is 0 Å².